The monoisotopic (exact) mass is 324 g/mol. The molecule has 2 heterocycles. The van der Waals surface area contributed by atoms with Crippen LogP contribution in [0.15, 0.2) is 24.5 Å². The fourth-order valence-corrected chi connectivity index (χ4v) is 4.86. The van der Waals surface area contributed by atoms with Crippen molar-refractivity contribution in [2.75, 3.05) is 18.8 Å². The van der Waals surface area contributed by atoms with E-state index in [-0.39, 0.29) is 11.9 Å². The molecule has 3 rings (SSSR count). The van der Waals surface area contributed by atoms with Gasteiger partial charge in [0.2, 0.25) is 10.0 Å². The number of rotatable bonds is 5. The second kappa shape index (κ2) is 6.64. The summed E-state index contributed by atoms with van der Waals surface area (Å²) in [5.41, 5.74) is 1.07. The molecule has 3 atom stereocenters. The summed E-state index contributed by atoms with van der Waals surface area (Å²) < 4.78 is 32.0. The second-order valence-corrected chi connectivity index (χ2v) is 8.54. The zero-order valence-corrected chi connectivity index (χ0v) is 13.8. The molecule has 2 aliphatic rings. The maximum atomic E-state index is 12.1. The third-order valence-electron chi connectivity index (χ3n) is 4.94. The van der Waals surface area contributed by atoms with Gasteiger partial charge in [-0.1, -0.05) is 12.5 Å². The normalized spacial score (nSPS) is 29.4. The molecular formula is C16H24N2O3S. The molecule has 0 amide bonds. The van der Waals surface area contributed by atoms with Crippen molar-refractivity contribution in [1.29, 1.82) is 0 Å². The van der Waals surface area contributed by atoms with E-state index in [0.29, 0.717) is 31.5 Å². The Morgan fingerprint density at radius 1 is 1.36 bits per heavy atom. The number of ether oxygens (including phenoxy) is 1. The van der Waals surface area contributed by atoms with E-state index in [1.807, 2.05) is 18.3 Å². The van der Waals surface area contributed by atoms with Crippen molar-refractivity contribution in [3.05, 3.63) is 30.1 Å². The predicted molar refractivity (Wildman–Crippen MR) is 84.7 cm³/mol. The van der Waals surface area contributed by atoms with Crippen LogP contribution in [0.3, 0.4) is 0 Å². The molecule has 0 aromatic carbocycles. The number of hydrogen-bond donors (Lipinski definition) is 0. The van der Waals surface area contributed by atoms with Gasteiger partial charge in [-0.3, -0.25) is 4.98 Å². The zero-order valence-electron chi connectivity index (χ0n) is 13.0. The zero-order chi connectivity index (χ0) is 15.6. The van der Waals surface area contributed by atoms with E-state index in [2.05, 4.69) is 4.98 Å². The Hall–Kier alpha value is -0.980. The molecule has 1 saturated carbocycles. The van der Waals surface area contributed by atoms with E-state index in [1.54, 1.807) is 17.4 Å². The molecule has 22 heavy (non-hydrogen) atoms. The maximum Gasteiger partial charge on any atom is 0.213 e. The van der Waals surface area contributed by atoms with E-state index in [0.717, 1.165) is 24.8 Å². The maximum absolute atomic E-state index is 12.1. The van der Waals surface area contributed by atoms with Gasteiger partial charge in [-0.15, -0.1) is 0 Å². The highest BCUT2D eigenvalue weighted by molar-refractivity contribution is 7.89. The van der Waals surface area contributed by atoms with Crippen molar-refractivity contribution in [2.24, 2.45) is 11.8 Å². The molecule has 1 aliphatic heterocycles. The number of sulfonamides is 1. The average Bonchev–Trinajstić information content (AvgIpc) is 2.99. The summed E-state index contributed by atoms with van der Waals surface area (Å²) >= 11 is 0. The molecule has 1 aromatic rings. The van der Waals surface area contributed by atoms with Crippen molar-refractivity contribution in [3.8, 4) is 0 Å². The summed E-state index contributed by atoms with van der Waals surface area (Å²) in [6.07, 6.45) is 7.01. The van der Waals surface area contributed by atoms with Gasteiger partial charge in [0.1, 0.15) is 0 Å². The first-order valence-corrected chi connectivity index (χ1v) is 9.69. The van der Waals surface area contributed by atoms with Crippen LogP contribution in [0, 0.1) is 11.8 Å². The topological polar surface area (TPSA) is 59.5 Å². The lowest BCUT2D eigenvalue weighted by molar-refractivity contribution is -0.0290. The third kappa shape index (κ3) is 3.34. The standard InChI is InChI=1S/C16H24N2O3S/c1-2-22(19,20)18-10-14-6-3-7-16(15(14)11-18)21-12-13-5-4-8-17-9-13/h4-5,8-9,14-16H,2-3,6-7,10-12H2,1H3/t14-,15+,16?/m0/s1. The minimum Gasteiger partial charge on any atom is -0.373 e. The minimum atomic E-state index is -3.08. The van der Waals surface area contributed by atoms with Crippen LogP contribution in [0.1, 0.15) is 31.7 Å². The van der Waals surface area contributed by atoms with E-state index in [4.69, 9.17) is 4.74 Å². The van der Waals surface area contributed by atoms with Gasteiger partial charge in [-0.25, -0.2) is 12.7 Å². The van der Waals surface area contributed by atoms with Crippen LogP contribution in [0.4, 0.5) is 0 Å². The van der Waals surface area contributed by atoms with Crippen molar-refractivity contribution in [3.63, 3.8) is 0 Å². The first kappa shape index (κ1) is 15.9. The minimum absolute atomic E-state index is 0.163. The quantitative estimate of drug-likeness (QED) is 0.832. The van der Waals surface area contributed by atoms with Gasteiger partial charge in [0.05, 0.1) is 18.5 Å². The fourth-order valence-electron chi connectivity index (χ4n) is 3.68. The highest BCUT2D eigenvalue weighted by atomic mass is 32.2. The molecular weight excluding hydrogens is 300 g/mol. The van der Waals surface area contributed by atoms with Gasteiger partial charge >= 0.3 is 0 Å². The Kier molecular flexibility index (Phi) is 4.80. The van der Waals surface area contributed by atoms with Crippen LogP contribution in [-0.4, -0.2) is 42.7 Å². The Balaban J connectivity index is 1.64. The van der Waals surface area contributed by atoms with Crippen LogP contribution in [0.25, 0.3) is 0 Å². The fraction of sp³-hybridized carbons (Fsp3) is 0.688. The molecule has 0 spiro atoms. The number of fused-ring (bicyclic) bond motifs is 1. The number of aromatic nitrogens is 1. The molecule has 1 saturated heterocycles. The summed E-state index contributed by atoms with van der Waals surface area (Å²) in [5.74, 6) is 0.980. The van der Waals surface area contributed by atoms with Crippen LogP contribution in [-0.2, 0) is 21.4 Å². The molecule has 1 aliphatic carbocycles. The van der Waals surface area contributed by atoms with Crippen molar-refractivity contribution in [2.45, 2.75) is 38.9 Å². The largest absolute Gasteiger partial charge is 0.373 e. The summed E-state index contributed by atoms with van der Waals surface area (Å²) in [6, 6.07) is 3.92. The van der Waals surface area contributed by atoms with Crippen LogP contribution < -0.4 is 0 Å². The molecule has 5 nitrogen and oxygen atoms in total. The Morgan fingerprint density at radius 3 is 2.95 bits per heavy atom. The molecule has 0 bridgehead atoms. The number of nitrogens with zero attached hydrogens (tertiary/aromatic N) is 2. The second-order valence-electron chi connectivity index (χ2n) is 6.28. The van der Waals surface area contributed by atoms with Crippen LogP contribution in [0.2, 0.25) is 0 Å². The van der Waals surface area contributed by atoms with Gasteiger partial charge < -0.3 is 4.74 Å². The summed E-state index contributed by atoms with van der Waals surface area (Å²) in [7, 11) is -3.08. The first-order chi connectivity index (χ1) is 10.6. The van der Waals surface area contributed by atoms with Gasteiger partial charge in [-0.05, 0) is 37.3 Å². The lowest BCUT2D eigenvalue weighted by atomic mass is 9.79. The smallest absolute Gasteiger partial charge is 0.213 e. The molecule has 2 fully saturated rings. The lowest BCUT2D eigenvalue weighted by Gasteiger charge is -2.32. The third-order valence-corrected chi connectivity index (χ3v) is 6.76. The Bertz CT molecular complexity index is 591. The average molecular weight is 324 g/mol. The molecule has 0 radical (unpaired) electrons. The molecule has 122 valence electrons. The molecule has 1 unspecified atom stereocenters. The molecule has 6 heteroatoms. The van der Waals surface area contributed by atoms with Crippen molar-refractivity contribution in [1.82, 2.24) is 9.29 Å². The summed E-state index contributed by atoms with van der Waals surface area (Å²) in [4.78, 5) is 4.10. The predicted octanol–water partition coefficient (Wildman–Crippen LogP) is 2.05. The molecule has 1 aromatic heterocycles. The highest BCUT2D eigenvalue weighted by Gasteiger charge is 2.43. The van der Waals surface area contributed by atoms with Crippen molar-refractivity contribution >= 4 is 10.0 Å². The van der Waals surface area contributed by atoms with Gasteiger partial charge in [0.25, 0.3) is 0 Å². The van der Waals surface area contributed by atoms with Gasteiger partial charge in [0.15, 0.2) is 0 Å². The van der Waals surface area contributed by atoms with Crippen LogP contribution in [0.5, 0.6) is 0 Å². The van der Waals surface area contributed by atoms with Gasteiger partial charge in [-0.2, -0.15) is 0 Å². The van der Waals surface area contributed by atoms with E-state index in [9.17, 15) is 8.42 Å². The van der Waals surface area contributed by atoms with Gasteiger partial charge in [0, 0.05) is 31.4 Å². The number of pyridine rings is 1. The van der Waals surface area contributed by atoms with E-state index < -0.39 is 10.0 Å². The Morgan fingerprint density at radius 2 is 2.23 bits per heavy atom. The van der Waals surface area contributed by atoms with E-state index >= 15 is 0 Å². The number of hydrogen-bond acceptors (Lipinski definition) is 4. The highest BCUT2D eigenvalue weighted by Crippen LogP contribution is 2.39. The molecule has 0 N–H and O–H groups in total. The first-order valence-electron chi connectivity index (χ1n) is 8.08. The Labute approximate surface area is 132 Å². The SMILES string of the molecule is CCS(=O)(=O)N1C[C@@H]2CCCC(OCc3cccnc3)[C@@H]2C1. The summed E-state index contributed by atoms with van der Waals surface area (Å²) in [5, 5.41) is 0. The van der Waals surface area contributed by atoms with E-state index in [1.165, 1.54) is 0 Å². The lowest BCUT2D eigenvalue weighted by Crippen LogP contribution is -2.34. The summed E-state index contributed by atoms with van der Waals surface area (Å²) in [6.45, 7) is 3.57. The van der Waals surface area contributed by atoms with Crippen LogP contribution >= 0.6 is 0 Å². The van der Waals surface area contributed by atoms with Crippen molar-refractivity contribution < 1.29 is 13.2 Å².